The number of benzene rings is 2. The van der Waals surface area contributed by atoms with Crippen LogP contribution >= 0.6 is 11.6 Å². The predicted molar refractivity (Wildman–Crippen MR) is 91.7 cm³/mol. The molecule has 8 nitrogen and oxygen atoms in total. The summed E-state index contributed by atoms with van der Waals surface area (Å²) >= 11 is 6.14. The van der Waals surface area contributed by atoms with Crippen LogP contribution in [-0.2, 0) is 0 Å². The Kier molecular flexibility index (Phi) is 4.80. The normalized spacial score (nSPS) is 10.4. The predicted octanol–water partition coefficient (Wildman–Crippen LogP) is 2.59. The Morgan fingerprint density at radius 1 is 1.16 bits per heavy atom. The molecule has 0 aliphatic carbocycles. The highest BCUT2D eigenvalue weighted by atomic mass is 35.5. The first-order valence-corrected chi connectivity index (χ1v) is 7.57. The van der Waals surface area contributed by atoms with Crippen LogP contribution in [-0.4, -0.2) is 40.3 Å². The summed E-state index contributed by atoms with van der Waals surface area (Å²) in [6, 6.07) is 10.1. The highest BCUT2D eigenvalue weighted by molar-refractivity contribution is 6.32. The van der Waals surface area contributed by atoms with E-state index in [1.54, 1.807) is 36.4 Å². The SMILES string of the molecule is COc1cc(OC)c(NC(=O)c2ccccc2-n2cnnn2)cc1Cl. The summed E-state index contributed by atoms with van der Waals surface area (Å²) in [5, 5.41) is 14.1. The molecule has 0 bridgehead atoms. The number of nitrogens with one attached hydrogen (secondary N) is 1. The molecule has 0 saturated carbocycles. The van der Waals surface area contributed by atoms with E-state index in [-0.39, 0.29) is 5.91 Å². The summed E-state index contributed by atoms with van der Waals surface area (Å²) in [5.41, 5.74) is 1.36. The van der Waals surface area contributed by atoms with Gasteiger partial charge in [0.25, 0.3) is 5.91 Å². The van der Waals surface area contributed by atoms with Crippen LogP contribution in [0.5, 0.6) is 11.5 Å². The van der Waals surface area contributed by atoms with E-state index in [1.807, 2.05) is 0 Å². The first-order chi connectivity index (χ1) is 12.1. The summed E-state index contributed by atoms with van der Waals surface area (Å²) in [7, 11) is 2.99. The number of hydrogen-bond donors (Lipinski definition) is 1. The molecular weight excluding hydrogens is 346 g/mol. The average molecular weight is 360 g/mol. The quantitative estimate of drug-likeness (QED) is 0.752. The van der Waals surface area contributed by atoms with E-state index in [9.17, 15) is 4.79 Å². The van der Waals surface area contributed by atoms with E-state index in [4.69, 9.17) is 21.1 Å². The molecular formula is C16H14ClN5O3. The molecule has 1 amide bonds. The maximum absolute atomic E-state index is 12.7. The summed E-state index contributed by atoms with van der Waals surface area (Å²) in [5.74, 6) is 0.519. The van der Waals surface area contributed by atoms with Gasteiger partial charge in [0.2, 0.25) is 0 Å². The molecule has 3 aromatic rings. The van der Waals surface area contributed by atoms with Gasteiger partial charge in [0, 0.05) is 6.07 Å². The average Bonchev–Trinajstić information content (AvgIpc) is 3.16. The third-order valence-corrected chi connectivity index (χ3v) is 3.76. The number of tetrazole rings is 1. The molecule has 0 saturated heterocycles. The lowest BCUT2D eigenvalue weighted by Gasteiger charge is -2.14. The number of carbonyl (C=O) groups excluding carboxylic acids is 1. The van der Waals surface area contributed by atoms with Gasteiger partial charge in [-0.15, -0.1) is 5.10 Å². The zero-order valence-corrected chi connectivity index (χ0v) is 14.2. The number of ether oxygens (including phenoxy) is 2. The van der Waals surface area contributed by atoms with Gasteiger partial charge in [-0.2, -0.15) is 4.68 Å². The molecule has 0 atom stereocenters. The van der Waals surface area contributed by atoms with Crippen LogP contribution in [0.4, 0.5) is 5.69 Å². The molecule has 3 rings (SSSR count). The molecule has 0 spiro atoms. The van der Waals surface area contributed by atoms with Gasteiger partial charge in [0.1, 0.15) is 17.8 Å². The summed E-state index contributed by atoms with van der Waals surface area (Å²) < 4.78 is 11.9. The van der Waals surface area contributed by atoms with Crippen LogP contribution in [0.1, 0.15) is 10.4 Å². The summed E-state index contributed by atoms with van der Waals surface area (Å²) in [4.78, 5) is 12.7. The zero-order chi connectivity index (χ0) is 17.8. The van der Waals surface area contributed by atoms with E-state index < -0.39 is 0 Å². The van der Waals surface area contributed by atoms with Crippen LogP contribution in [0, 0.1) is 0 Å². The van der Waals surface area contributed by atoms with E-state index in [0.717, 1.165) is 0 Å². The lowest BCUT2D eigenvalue weighted by Crippen LogP contribution is -2.16. The molecule has 1 N–H and O–H groups in total. The van der Waals surface area contributed by atoms with Crippen molar-refractivity contribution in [3.8, 4) is 17.2 Å². The largest absolute Gasteiger partial charge is 0.495 e. The number of rotatable bonds is 5. The molecule has 1 heterocycles. The van der Waals surface area contributed by atoms with Crippen molar-refractivity contribution in [2.45, 2.75) is 0 Å². The number of methoxy groups -OCH3 is 2. The highest BCUT2D eigenvalue weighted by Gasteiger charge is 2.17. The number of nitrogens with zero attached hydrogens (tertiary/aromatic N) is 4. The van der Waals surface area contributed by atoms with Crippen LogP contribution < -0.4 is 14.8 Å². The number of halogens is 1. The molecule has 25 heavy (non-hydrogen) atoms. The molecule has 0 aliphatic rings. The van der Waals surface area contributed by atoms with Gasteiger partial charge in [-0.05, 0) is 28.6 Å². The number of amides is 1. The van der Waals surface area contributed by atoms with Crippen LogP contribution in [0.15, 0.2) is 42.7 Å². The first-order valence-electron chi connectivity index (χ1n) is 7.19. The van der Waals surface area contributed by atoms with Crippen molar-refractivity contribution in [1.29, 1.82) is 0 Å². The van der Waals surface area contributed by atoms with E-state index in [0.29, 0.717) is 33.5 Å². The van der Waals surface area contributed by atoms with Gasteiger partial charge in [-0.1, -0.05) is 23.7 Å². The molecule has 128 valence electrons. The Bertz CT molecular complexity index is 899. The summed E-state index contributed by atoms with van der Waals surface area (Å²) in [6.45, 7) is 0. The summed E-state index contributed by atoms with van der Waals surface area (Å²) in [6.07, 6.45) is 1.41. The first kappa shape index (κ1) is 16.7. The van der Waals surface area contributed by atoms with Gasteiger partial charge in [0.15, 0.2) is 0 Å². The minimum atomic E-state index is -0.356. The molecule has 0 unspecified atom stereocenters. The van der Waals surface area contributed by atoms with Crippen LogP contribution in [0.3, 0.4) is 0 Å². The Labute approximate surface area is 148 Å². The highest BCUT2D eigenvalue weighted by Crippen LogP contribution is 2.36. The van der Waals surface area contributed by atoms with Gasteiger partial charge in [-0.3, -0.25) is 4.79 Å². The fraction of sp³-hybridized carbons (Fsp3) is 0.125. The fourth-order valence-corrected chi connectivity index (χ4v) is 2.53. The number of anilines is 1. The van der Waals surface area contributed by atoms with Crippen molar-refractivity contribution in [2.24, 2.45) is 0 Å². The number of para-hydroxylation sites is 1. The third kappa shape index (κ3) is 3.38. The molecule has 9 heteroatoms. The van der Waals surface area contributed by atoms with Crippen molar-refractivity contribution < 1.29 is 14.3 Å². The maximum atomic E-state index is 12.7. The monoisotopic (exact) mass is 359 g/mol. The minimum absolute atomic E-state index is 0.354. The second kappa shape index (κ2) is 7.18. The molecule has 1 aromatic heterocycles. The molecule has 0 fully saturated rings. The Morgan fingerprint density at radius 3 is 2.60 bits per heavy atom. The topological polar surface area (TPSA) is 91.2 Å². The Morgan fingerprint density at radius 2 is 1.92 bits per heavy atom. The maximum Gasteiger partial charge on any atom is 0.257 e. The Balaban J connectivity index is 1.95. The van der Waals surface area contributed by atoms with Gasteiger partial charge >= 0.3 is 0 Å². The lowest BCUT2D eigenvalue weighted by atomic mass is 10.1. The van der Waals surface area contributed by atoms with Crippen molar-refractivity contribution in [1.82, 2.24) is 20.2 Å². The van der Waals surface area contributed by atoms with Crippen molar-refractivity contribution in [3.63, 3.8) is 0 Å². The van der Waals surface area contributed by atoms with Gasteiger partial charge in [0.05, 0.1) is 36.2 Å². The second-order valence-corrected chi connectivity index (χ2v) is 5.32. The van der Waals surface area contributed by atoms with E-state index >= 15 is 0 Å². The van der Waals surface area contributed by atoms with Crippen LogP contribution in [0.25, 0.3) is 5.69 Å². The minimum Gasteiger partial charge on any atom is -0.495 e. The molecule has 0 radical (unpaired) electrons. The fourth-order valence-electron chi connectivity index (χ4n) is 2.28. The number of carbonyl (C=O) groups is 1. The van der Waals surface area contributed by atoms with Crippen LogP contribution in [0.2, 0.25) is 5.02 Å². The van der Waals surface area contributed by atoms with E-state index in [1.165, 1.54) is 25.2 Å². The number of hydrogen-bond acceptors (Lipinski definition) is 6. The van der Waals surface area contributed by atoms with E-state index in [2.05, 4.69) is 20.8 Å². The number of aromatic nitrogens is 4. The van der Waals surface area contributed by atoms with Gasteiger partial charge in [-0.25, -0.2) is 0 Å². The molecule has 0 aliphatic heterocycles. The van der Waals surface area contributed by atoms with Gasteiger partial charge < -0.3 is 14.8 Å². The third-order valence-electron chi connectivity index (χ3n) is 3.47. The van der Waals surface area contributed by atoms with Crippen molar-refractivity contribution in [3.05, 3.63) is 53.3 Å². The van der Waals surface area contributed by atoms with Crippen molar-refractivity contribution >= 4 is 23.2 Å². The standard InChI is InChI=1S/C16H14ClN5O3/c1-24-14-8-15(25-2)12(7-11(14)17)19-16(23)10-5-3-4-6-13(10)22-9-18-20-21-22/h3-9H,1-2H3,(H,19,23). The lowest BCUT2D eigenvalue weighted by molar-refractivity contribution is 0.102. The second-order valence-electron chi connectivity index (χ2n) is 4.91. The van der Waals surface area contributed by atoms with Crippen molar-refractivity contribution in [2.75, 3.05) is 19.5 Å². The zero-order valence-electron chi connectivity index (χ0n) is 13.4. The smallest absolute Gasteiger partial charge is 0.257 e. The molecule has 2 aromatic carbocycles. The Hall–Kier alpha value is -3.13.